The summed E-state index contributed by atoms with van der Waals surface area (Å²) in [5.74, 6) is -0.0747. The van der Waals surface area contributed by atoms with Gasteiger partial charge in [0, 0.05) is 23.5 Å². The third kappa shape index (κ3) is 2.82. The molecule has 0 spiro atoms. The van der Waals surface area contributed by atoms with Crippen molar-refractivity contribution in [3.05, 3.63) is 48.0 Å². The molecule has 0 saturated heterocycles. The molecule has 3 rings (SSSR count). The van der Waals surface area contributed by atoms with Crippen molar-refractivity contribution < 1.29 is 14.3 Å². The second-order valence-electron chi connectivity index (χ2n) is 4.32. The normalized spacial score (nSPS) is 10.9. The first-order valence-corrected chi connectivity index (χ1v) is 7.07. The highest BCUT2D eigenvalue weighted by Gasteiger charge is 2.11. The van der Waals surface area contributed by atoms with Gasteiger partial charge < -0.3 is 15.3 Å². The van der Waals surface area contributed by atoms with Crippen LogP contribution in [-0.2, 0) is 5.75 Å². The fraction of sp³-hybridized carbons (Fsp3) is 0.0714. The number of thioether (sulfide) groups is 1. The number of anilines is 1. The molecule has 6 nitrogen and oxygen atoms in total. The first-order valence-electron chi connectivity index (χ1n) is 6.08. The number of carbonyl (C=O) groups is 1. The van der Waals surface area contributed by atoms with Crippen LogP contribution in [0.25, 0.3) is 11.0 Å². The van der Waals surface area contributed by atoms with E-state index in [0.29, 0.717) is 22.2 Å². The molecule has 0 amide bonds. The zero-order chi connectivity index (χ0) is 14.8. The number of nitrogens with two attached hydrogens (primary N) is 1. The molecule has 2 aromatic heterocycles. The third-order valence-corrected chi connectivity index (χ3v) is 3.92. The number of aromatic nitrogens is 2. The molecule has 2 heterocycles. The topological polar surface area (TPSA) is 102 Å². The number of hydrogen-bond acceptors (Lipinski definition) is 6. The van der Waals surface area contributed by atoms with Crippen molar-refractivity contribution in [1.29, 1.82) is 0 Å². The molecular weight excluding hydrogens is 290 g/mol. The Bertz CT molecular complexity index is 816. The summed E-state index contributed by atoms with van der Waals surface area (Å²) in [7, 11) is 0. The number of carboxylic acid groups (broad SMARTS) is 1. The van der Waals surface area contributed by atoms with Crippen molar-refractivity contribution in [3.8, 4) is 0 Å². The fourth-order valence-electron chi connectivity index (χ4n) is 1.89. The monoisotopic (exact) mass is 301 g/mol. The number of benzene rings is 1. The van der Waals surface area contributed by atoms with Gasteiger partial charge in [-0.1, -0.05) is 17.8 Å². The number of aromatic carboxylic acids is 1. The number of nitrogens with zero attached hydrogens (tertiary/aromatic N) is 2. The van der Waals surface area contributed by atoms with Gasteiger partial charge in [0.05, 0.1) is 0 Å². The van der Waals surface area contributed by atoms with Crippen LogP contribution in [0.5, 0.6) is 0 Å². The molecule has 0 saturated carbocycles. The molecule has 0 atom stereocenters. The summed E-state index contributed by atoms with van der Waals surface area (Å²) < 4.78 is 5.22. The van der Waals surface area contributed by atoms with Crippen LogP contribution >= 0.6 is 11.8 Å². The summed E-state index contributed by atoms with van der Waals surface area (Å²) in [6.07, 6.45) is 3.14. The largest absolute Gasteiger partial charge is 0.475 e. The van der Waals surface area contributed by atoms with E-state index in [0.717, 1.165) is 10.9 Å². The standard InChI is InChI=1S/C14H11N3O3S/c15-12-13(17-4-3-16-12)21-7-8-1-2-10-9(5-8)6-11(20-10)14(18)19/h1-6H,7H2,(H2,15,16)(H,18,19). The van der Waals surface area contributed by atoms with E-state index >= 15 is 0 Å². The maximum absolute atomic E-state index is 10.9. The van der Waals surface area contributed by atoms with Crippen LogP contribution < -0.4 is 5.73 Å². The van der Waals surface area contributed by atoms with Crippen LogP contribution in [0.2, 0.25) is 0 Å². The van der Waals surface area contributed by atoms with Crippen LogP contribution in [-0.4, -0.2) is 21.0 Å². The Kier molecular flexibility index (Phi) is 3.49. The maximum atomic E-state index is 10.9. The van der Waals surface area contributed by atoms with E-state index in [1.54, 1.807) is 18.5 Å². The fourth-order valence-corrected chi connectivity index (χ4v) is 2.71. The van der Waals surface area contributed by atoms with E-state index in [1.807, 2.05) is 12.1 Å². The summed E-state index contributed by atoms with van der Waals surface area (Å²) in [4.78, 5) is 19.0. The molecule has 0 radical (unpaired) electrons. The van der Waals surface area contributed by atoms with Gasteiger partial charge in [-0.25, -0.2) is 14.8 Å². The first kappa shape index (κ1) is 13.4. The summed E-state index contributed by atoms with van der Waals surface area (Å²) in [6.45, 7) is 0. The molecule has 0 aliphatic rings. The molecule has 0 aliphatic carbocycles. The third-order valence-electron chi connectivity index (χ3n) is 2.86. The highest BCUT2D eigenvalue weighted by Crippen LogP contribution is 2.27. The van der Waals surface area contributed by atoms with Crippen molar-refractivity contribution in [2.75, 3.05) is 5.73 Å². The van der Waals surface area contributed by atoms with Gasteiger partial charge in [-0.15, -0.1) is 0 Å². The minimum atomic E-state index is -1.07. The second kappa shape index (κ2) is 5.45. The van der Waals surface area contributed by atoms with Crippen molar-refractivity contribution in [2.45, 2.75) is 10.8 Å². The van der Waals surface area contributed by atoms with Gasteiger partial charge in [-0.05, 0) is 23.8 Å². The summed E-state index contributed by atoms with van der Waals surface area (Å²) in [6, 6.07) is 7.06. The number of nitrogen functional groups attached to an aromatic ring is 1. The zero-order valence-corrected chi connectivity index (χ0v) is 11.6. The average molecular weight is 301 g/mol. The van der Waals surface area contributed by atoms with Crippen LogP contribution in [0.15, 0.2) is 46.1 Å². The molecule has 3 N–H and O–H groups in total. The molecular formula is C14H11N3O3S. The Balaban J connectivity index is 1.81. The van der Waals surface area contributed by atoms with Crippen molar-refractivity contribution in [1.82, 2.24) is 9.97 Å². The minimum absolute atomic E-state index is 0.0621. The van der Waals surface area contributed by atoms with Gasteiger partial charge in [0.1, 0.15) is 10.6 Å². The van der Waals surface area contributed by atoms with E-state index in [4.69, 9.17) is 15.3 Å². The molecule has 3 aromatic rings. The Morgan fingerprint density at radius 2 is 2.10 bits per heavy atom. The Hall–Kier alpha value is -2.54. The molecule has 1 aromatic carbocycles. The Morgan fingerprint density at radius 3 is 2.86 bits per heavy atom. The number of rotatable bonds is 4. The highest BCUT2D eigenvalue weighted by atomic mass is 32.2. The van der Waals surface area contributed by atoms with Crippen LogP contribution in [0.3, 0.4) is 0 Å². The van der Waals surface area contributed by atoms with Gasteiger partial charge in [0.2, 0.25) is 5.76 Å². The second-order valence-corrected chi connectivity index (χ2v) is 5.29. The molecule has 7 heteroatoms. The van der Waals surface area contributed by atoms with Crippen molar-refractivity contribution >= 4 is 34.5 Å². The Morgan fingerprint density at radius 1 is 1.29 bits per heavy atom. The van der Waals surface area contributed by atoms with Crippen molar-refractivity contribution in [2.24, 2.45) is 0 Å². The lowest BCUT2D eigenvalue weighted by Crippen LogP contribution is -1.94. The number of carboxylic acids is 1. The van der Waals surface area contributed by atoms with Gasteiger partial charge in [-0.3, -0.25) is 0 Å². The smallest absolute Gasteiger partial charge is 0.371 e. The SMILES string of the molecule is Nc1nccnc1SCc1ccc2oc(C(=O)O)cc2c1. The quantitative estimate of drug-likeness (QED) is 0.714. The first-order chi connectivity index (χ1) is 10.1. The summed E-state index contributed by atoms with van der Waals surface area (Å²) >= 11 is 1.48. The van der Waals surface area contributed by atoms with Gasteiger partial charge in [0.25, 0.3) is 0 Å². The predicted octanol–water partition coefficient (Wildman–Crippen LogP) is 2.80. The summed E-state index contributed by atoms with van der Waals surface area (Å²) in [5, 5.41) is 10.3. The van der Waals surface area contributed by atoms with E-state index < -0.39 is 5.97 Å². The lowest BCUT2D eigenvalue weighted by atomic mass is 10.2. The lowest BCUT2D eigenvalue weighted by molar-refractivity contribution is 0.0665. The van der Waals surface area contributed by atoms with E-state index in [-0.39, 0.29) is 5.76 Å². The molecule has 21 heavy (non-hydrogen) atoms. The van der Waals surface area contributed by atoms with Gasteiger partial charge >= 0.3 is 5.97 Å². The molecule has 0 unspecified atom stereocenters. The van der Waals surface area contributed by atoms with Gasteiger partial charge in [0.15, 0.2) is 5.82 Å². The van der Waals surface area contributed by atoms with Gasteiger partial charge in [-0.2, -0.15) is 0 Å². The van der Waals surface area contributed by atoms with E-state index in [1.165, 1.54) is 17.8 Å². The highest BCUT2D eigenvalue weighted by molar-refractivity contribution is 7.98. The Labute approximate surface area is 124 Å². The number of hydrogen-bond donors (Lipinski definition) is 2. The van der Waals surface area contributed by atoms with Crippen molar-refractivity contribution in [3.63, 3.8) is 0 Å². The molecule has 0 bridgehead atoms. The van der Waals surface area contributed by atoms with E-state index in [2.05, 4.69) is 9.97 Å². The van der Waals surface area contributed by atoms with Crippen LogP contribution in [0, 0.1) is 0 Å². The number of fused-ring (bicyclic) bond motifs is 1. The predicted molar refractivity (Wildman–Crippen MR) is 79.2 cm³/mol. The van der Waals surface area contributed by atoms with Crippen LogP contribution in [0.1, 0.15) is 16.1 Å². The summed E-state index contributed by atoms with van der Waals surface area (Å²) in [5.41, 5.74) is 7.32. The lowest BCUT2D eigenvalue weighted by Gasteiger charge is -2.03. The van der Waals surface area contributed by atoms with E-state index in [9.17, 15) is 4.79 Å². The zero-order valence-electron chi connectivity index (χ0n) is 10.8. The minimum Gasteiger partial charge on any atom is -0.475 e. The molecule has 0 fully saturated rings. The van der Waals surface area contributed by atoms with Crippen LogP contribution in [0.4, 0.5) is 5.82 Å². The number of furan rings is 1. The molecule has 0 aliphatic heterocycles. The maximum Gasteiger partial charge on any atom is 0.371 e. The molecule has 106 valence electrons. The average Bonchev–Trinajstić information content (AvgIpc) is 2.90.